The van der Waals surface area contributed by atoms with Crippen LogP contribution in [0.2, 0.25) is 0 Å². The molecule has 9 heteroatoms. The molecule has 1 aliphatic heterocycles. The number of benzene rings is 2. The first-order chi connectivity index (χ1) is 16.1. The number of carbonyl (C=O) groups excluding carboxylic acids is 2. The smallest absolute Gasteiger partial charge is 0.242 e. The summed E-state index contributed by atoms with van der Waals surface area (Å²) >= 11 is 0. The largest absolute Gasteiger partial charge is 0.372 e. The second kappa shape index (κ2) is 9.60. The Kier molecular flexibility index (Phi) is 6.77. The van der Waals surface area contributed by atoms with Gasteiger partial charge in [-0.2, -0.15) is 0 Å². The number of aromatic nitrogens is 1. The standard InChI is InChI=1S/C25H29N3O5S/c1-17-8-4-6-10-21(17)26-24(29)16-34(31,32)23-14-27(22-11-7-5-9-20(22)23)15-25(30)28-12-18(2)33-19(3)13-28/h4-11,14,18-19H,12-13,15-16H2,1-3H3,(H,26,29). The van der Waals surface area contributed by atoms with Gasteiger partial charge in [0.15, 0.2) is 9.84 Å². The Morgan fingerprint density at radius 2 is 1.68 bits per heavy atom. The van der Waals surface area contributed by atoms with E-state index in [0.717, 1.165) is 5.56 Å². The van der Waals surface area contributed by atoms with E-state index in [0.29, 0.717) is 29.7 Å². The molecule has 8 nitrogen and oxygen atoms in total. The van der Waals surface area contributed by atoms with E-state index in [1.54, 1.807) is 45.9 Å². The maximum absolute atomic E-state index is 13.2. The Labute approximate surface area is 199 Å². The molecule has 2 heterocycles. The molecule has 1 fully saturated rings. The third-order valence-electron chi connectivity index (χ3n) is 5.91. The van der Waals surface area contributed by atoms with Gasteiger partial charge in [0.25, 0.3) is 0 Å². The maximum Gasteiger partial charge on any atom is 0.242 e. The fourth-order valence-corrected chi connectivity index (χ4v) is 5.74. The Morgan fingerprint density at radius 1 is 1.03 bits per heavy atom. The monoisotopic (exact) mass is 483 g/mol. The highest BCUT2D eigenvalue weighted by molar-refractivity contribution is 7.92. The van der Waals surface area contributed by atoms with Crippen LogP contribution in [0, 0.1) is 6.92 Å². The highest BCUT2D eigenvalue weighted by atomic mass is 32.2. The molecule has 34 heavy (non-hydrogen) atoms. The molecule has 2 unspecified atom stereocenters. The van der Waals surface area contributed by atoms with Gasteiger partial charge in [-0.05, 0) is 38.5 Å². The quantitative estimate of drug-likeness (QED) is 0.581. The number of amides is 2. The topological polar surface area (TPSA) is 97.7 Å². The van der Waals surface area contributed by atoms with Gasteiger partial charge >= 0.3 is 0 Å². The van der Waals surface area contributed by atoms with Crippen molar-refractivity contribution in [2.45, 2.75) is 44.4 Å². The Bertz CT molecular complexity index is 1320. The van der Waals surface area contributed by atoms with Crippen LogP contribution in [-0.4, -0.2) is 60.7 Å². The van der Waals surface area contributed by atoms with E-state index in [9.17, 15) is 18.0 Å². The molecule has 1 N–H and O–H groups in total. The number of nitrogens with one attached hydrogen (secondary N) is 1. The lowest BCUT2D eigenvalue weighted by Gasteiger charge is -2.35. The van der Waals surface area contributed by atoms with E-state index in [1.165, 1.54) is 6.20 Å². The van der Waals surface area contributed by atoms with E-state index in [2.05, 4.69) is 5.32 Å². The van der Waals surface area contributed by atoms with E-state index in [1.807, 2.05) is 32.9 Å². The molecule has 0 saturated carbocycles. The lowest BCUT2D eigenvalue weighted by molar-refractivity contribution is -0.143. The first kappa shape index (κ1) is 24.0. The van der Waals surface area contributed by atoms with Gasteiger partial charge in [-0.3, -0.25) is 9.59 Å². The number of ether oxygens (including phenoxy) is 1. The van der Waals surface area contributed by atoms with E-state index in [-0.39, 0.29) is 29.6 Å². The summed E-state index contributed by atoms with van der Waals surface area (Å²) in [5.74, 6) is -1.41. The van der Waals surface area contributed by atoms with Crippen LogP contribution in [0.4, 0.5) is 5.69 Å². The lowest BCUT2D eigenvalue weighted by Crippen LogP contribution is -2.49. The zero-order valence-electron chi connectivity index (χ0n) is 19.5. The highest BCUT2D eigenvalue weighted by Gasteiger charge is 2.28. The molecule has 2 amide bonds. The number of nitrogens with zero attached hydrogens (tertiary/aromatic N) is 2. The minimum absolute atomic E-state index is 0.00484. The highest BCUT2D eigenvalue weighted by Crippen LogP contribution is 2.27. The predicted octanol–water partition coefficient (Wildman–Crippen LogP) is 3.00. The van der Waals surface area contributed by atoms with Gasteiger partial charge in [-0.15, -0.1) is 0 Å². The van der Waals surface area contributed by atoms with Gasteiger partial charge in [-0.1, -0.05) is 36.4 Å². The van der Waals surface area contributed by atoms with Crippen LogP contribution in [0.15, 0.2) is 59.6 Å². The van der Waals surface area contributed by atoms with Gasteiger partial charge in [0.1, 0.15) is 12.3 Å². The minimum Gasteiger partial charge on any atom is -0.372 e. The second-order valence-electron chi connectivity index (χ2n) is 8.82. The summed E-state index contributed by atoms with van der Waals surface area (Å²) < 4.78 is 33.8. The summed E-state index contributed by atoms with van der Waals surface area (Å²) in [6, 6.07) is 14.2. The molecule has 2 aromatic carbocycles. The average Bonchev–Trinajstić information content (AvgIpc) is 3.14. The molecule has 1 aliphatic rings. The number of hydrogen-bond acceptors (Lipinski definition) is 5. The third-order valence-corrected chi connectivity index (χ3v) is 7.54. The van der Waals surface area contributed by atoms with Crippen molar-refractivity contribution >= 4 is 38.2 Å². The van der Waals surface area contributed by atoms with Crippen LogP contribution in [0.25, 0.3) is 10.9 Å². The van der Waals surface area contributed by atoms with Crippen molar-refractivity contribution in [1.29, 1.82) is 0 Å². The average molecular weight is 484 g/mol. The molecule has 0 radical (unpaired) electrons. The Balaban J connectivity index is 1.58. The van der Waals surface area contributed by atoms with Crippen LogP contribution in [0.3, 0.4) is 0 Å². The molecule has 0 spiro atoms. The van der Waals surface area contributed by atoms with Gasteiger partial charge < -0.3 is 19.5 Å². The molecule has 2 atom stereocenters. The Morgan fingerprint density at radius 3 is 2.38 bits per heavy atom. The summed E-state index contributed by atoms with van der Waals surface area (Å²) in [7, 11) is -3.95. The zero-order valence-corrected chi connectivity index (χ0v) is 20.3. The Hall–Kier alpha value is -3.17. The zero-order chi connectivity index (χ0) is 24.5. The fraction of sp³-hybridized carbons (Fsp3) is 0.360. The van der Waals surface area contributed by atoms with Crippen molar-refractivity contribution in [3.8, 4) is 0 Å². The maximum atomic E-state index is 13.2. The number of morpholine rings is 1. The summed E-state index contributed by atoms with van der Waals surface area (Å²) in [5.41, 5.74) is 2.04. The summed E-state index contributed by atoms with van der Waals surface area (Å²) in [5, 5.41) is 3.17. The van der Waals surface area contributed by atoms with E-state index in [4.69, 9.17) is 4.74 Å². The molecule has 180 valence electrons. The van der Waals surface area contributed by atoms with Crippen LogP contribution in [-0.2, 0) is 30.7 Å². The summed E-state index contributed by atoms with van der Waals surface area (Å²) in [4.78, 5) is 27.4. The minimum atomic E-state index is -3.95. The van der Waals surface area contributed by atoms with Crippen molar-refractivity contribution < 1.29 is 22.7 Å². The van der Waals surface area contributed by atoms with Crippen LogP contribution >= 0.6 is 0 Å². The third kappa shape index (κ3) is 5.15. The lowest BCUT2D eigenvalue weighted by atomic mass is 10.2. The number of aryl methyl sites for hydroxylation is 1. The molecular weight excluding hydrogens is 454 g/mol. The summed E-state index contributed by atoms with van der Waals surface area (Å²) in [6.45, 7) is 6.68. The van der Waals surface area contributed by atoms with Crippen molar-refractivity contribution in [2.75, 3.05) is 24.2 Å². The number of para-hydroxylation sites is 2. The molecule has 4 rings (SSSR count). The van der Waals surface area contributed by atoms with Crippen molar-refractivity contribution in [3.63, 3.8) is 0 Å². The van der Waals surface area contributed by atoms with Gasteiger partial charge in [0.05, 0.1) is 17.1 Å². The van der Waals surface area contributed by atoms with E-state index < -0.39 is 21.5 Å². The number of anilines is 1. The van der Waals surface area contributed by atoms with E-state index >= 15 is 0 Å². The molecule has 3 aromatic rings. The fourth-order valence-electron chi connectivity index (χ4n) is 4.37. The van der Waals surface area contributed by atoms with Crippen molar-refractivity contribution in [2.24, 2.45) is 0 Å². The number of hydrogen-bond donors (Lipinski definition) is 1. The normalized spacial score (nSPS) is 18.7. The van der Waals surface area contributed by atoms with Gasteiger partial charge in [0, 0.05) is 35.9 Å². The summed E-state index contributed by atoms with van der Waals surface area (Å²) in [6.07, 6.45) is 1.35. The number of fused-ring (bicyclic) bond motifs is 1. The molecular formula is C25H29N3O5S. The SMILES string of the molecule is Cc1ccccc1NC(=O)CS(=O)(=O)c1cn(CC(=O)N2CC(C)OC(C)C2)c2ccccc12. The van der Waals surface area contributed by atoms with Crippen molar-refractivity contribution in [1.82, 2.24) is 9.47 Å². The number of rotatable bonds is 6. The van der Waals surface area contributed by atoms with Crippen molar-refractivity contribution in [3.05, 3.63) is 60.3 Å². The number of sulfone groups is 1. The van der Waals surface area contributed by atoms with Gasteiger partial charge in [-0.25, -0.2) is 8.42 Å². The molecule has 1 aromatic heterocycles. The van der Waals surface area contributed by atoms with Crippen LogP contribution in [0.5, 0.6) is 0 Å². The number of carbonyl (C=O) groups is 2. The molecule has 0 bridgehead atoms. The first-order valence-corrected chi connectivity index (χ1v) is 12.9. The van der Waals surface area contributed by atoms with Crippen LogP contribution in [0.1, 0.15) is 19.4 Å². The molecule has 0 aliphatic carbocycles. The predicted molar refractivity (Wildman–Crippen MR) is 130 cm³/mol. The second-order valence-corrected chi connectivity index (χ2v) is 10.8. The van der Waals surface area contributed by atoms with Crippen LogP contribution < -0.4 is 5.32 Å². The first-order valence-electron chi connectivity index (χ1n) is 11.2. The molecule has 1 saturated heterocycles. The van der Waals surface area contributed by atoms with Gasteiger partial charge in [0.2, 0.25) is 11.8 Å².